The van der Waals surface area contributed by atoms with Gasteiger partial charge in [0.25, 0.3) is 5.91 Å². The Labute approximate surface area is 153 Å². The van der Waals surface area contributed by atoms with E-state index in [1.807, 2.05) is 44.2 Å². The summed E-state index contributed by atoms with van der Waals surface area (Å²) in [7, 11) is 1.45. The first-order valence-electron chi connectivity index (χ1n) is 8.30. The Morgan fingerprint density at radius 1 is 1.12 bits per heavy atom. The molecule has 0 bridgehead atoms. The minimum Gasteiger partial charge on any atom is -0.507 e. The number of rotatable bonds is 7. The molecule has 0 unspecified atom stereocenters. The first-order chi connectivity index (χ1) is 12.4. The van der Waals surface area contributed by atoms with Crippen LogP contribution < -0.4 is 4.74 Å². The largest absolute Gasteiger partial charge is 0.507 e. The van der Waals surface area contributed by atoms with Crippen LogP contribution in [0.25, 0.3) is 0 Å². The van der Waals surface area contributed by atoms with Crippen molar-refractivity contribution in [2.24, 2.45) is 0 Å². The molecule has 0 aliphatic rings. The highest BCUT2D eigenvalue weighted by Gasteiger charge is 2.21. The smallest absolute Gasteiger partial charge is 0.342 e. The molecule has 0 atom stereocenters. The fourth-order valence-electron chi connectivity index (χ4n) is 2.43. The molecule has 0 aromatic heterocycles. The number of phenolic OH excluding ortho intramolecular Hbond substituents is 1. The van der Waals surface area contributed by atoms with Gasteiger partial charge in [0.2, 0.25) is 0 Å². The number of carbonyl (C=O) groups is 2. The van der Waals surface area contributed by atoms with E-state index in [2.05, 4.69) is 0 Å². The van der Waals surface area contributed by atoms with Gasteiger partial charge in [0, 0.05) is 12.6 Å². The third-order valence-corrected chi connectivity index (χ3v) is 3.89. The van der Waals surface area contributed by atoms with Gasteiger partial charge in [0.1, 0.15) is 17.1 Å². The Hall–Kier alpha value is -3.02. The Morgan fingerprint density at radius 2 is 1.81 bits per heavy atom. The summed E-state index contributed by atoms with van der Waals surface area (Å²) in [5, 5.41) is 9.81. The predicted molar refractivity (Wildman–Crippen MR) is 97.1 cm³/mol. The van der Waals surface area contributed by atoms with Crippen molar-refractivity contribution in [3.63, 3.8) is 0 Å². The number of esters is 1. The molecule has 0 radical (unpaired) electrons. The average Bonchev–Trinajstić information content (AvgIpc) is 2.65. The van der Waals surface area contributed by atoms with Crippen LogP contribution in [0, 0.1) is 0 Å². The molecule has 2 aromatic carbocycles. The maximum atomic E-state index is 12.5. The van der Waals surface area contributed by atoms with Crippen LogP contribution in [-0.2, 0) is 16.1 Å². The number of hydrogen-bond acceptors (Lipinski definition) is 5. The van der Waals surface area contributed by atoms with Crippen molar-refractivity contribution in [3.8, 4) is 11.5 Å². The molecule has 2 rings (SSSR count). The quantitative estimate of drug-likeness (QED) is 0.771. The van der Waals surface area contributed by atoms with Gasteiger partial charge < -0.3 is 19.5 Å². The maximum Gasteiger partial charge on any atom is 0.342 e. The van der Waals surface area contributed by atoms with Crippen molar-refractivity contribution < 1.29 is 24.2 Å². The SMILES string of the molecule is COc1ccc(O)c(C(=O)OCC(=O)N(Cc2ccccc2)C(C)C)c1. The van der Waals surface area contributed by atoms with E-state index in [0.717, 1.165) is 5.56 Å². The van der Waals surface area contributed by atoms with E-state index in [4.69, 9.17) is 9.47 Å². The average molecular weight is 357 g/mol. The van der Waals surface area contributed by atoms with Crippen LogP contribution in [0.3, 0.4) is 0 Å². The molecule has 1 N–H and O–H groups in total. The highest BCUT2D eigenvalue weighted by molar-refractivity contribution is 5.94. The number of carbonyl (C=O) groups excluding carboxylic acids is 2. The van der Waals surface area contributed by atoms with Crippen molar-refractivity contribution in [3.05, 3.63) is 59.7 Å². The van der Waals surface area contributed by atoms with Crippen molar-refractivity contribution in [2.75, 3.05) is 13.7 Å². The molecule has 1 amide bonds. The summed E-state index contributed by atoms with van der Waals surface area (Å²) in [6, 6.07) is 13.8. The van der Waals surface area contributed by atoms with Gasteiger partial charge in [-0.15, -0.1) is 0 Å². The van der Waals surface area contributed by atoms with Crippen LogP contribution in [0.2, 0.25) is 0 Å². The van der Waals surface area contributed by atoms with Crippen LogP contribution >= 0.6 is 0 Å². The Morgan fingerprint density at radius 3 is 2.42 bits per heavy atom. The molecular weight excluding hydrogens is 334 g/mol. The summed E-state index contributed by atoms with van der Waals surface area (Å²) in [5.74, 6) is -0.903. The molecule has 6 nitrogen and oxygen atoms in total. The van der Waals surface area contributed by atoms with Crippen LogP contribution in [0.5, 0.6) is 11.5 Å². The molecule has 138 valence electrons. The lowest BCUT2D eigenvalue weighted by molar-refractivity contribution is -0.136. The van der Waals surface area contributed by atoms with E-state index in [1.165, 1.54) is 25.3 Å². The van der Waals surface area contributed by atoms with E-state index in [9.17, 15) is 14.7 Å². The molecule has 0 saturated carbocycles. The second-order valence-electron chi connectivity index (χ2n) is 6.06. The first-order valence-corrected chi connectivity index (χ1v) is 8.30. The van der Waals surface area contributed by atoms with Crippen molar-refractivity contribution in [2.45, 2.75) is 26.4 Å². The normalized spacial score (nSPS) is 10.5. The number of nitrogens with zero attached hydrogens (tertiary/aromatic N) is 1. The van der Waals surface area contributed by atoms with Crippen LogP contribution in [0.15, 0.2) is 48.5 Å². The number of phenols is 1. The minimum absolute atomic E-state index is 0.0451. The van der Waals surface area contributed by atoms with Crippen LogP contribution in [-0.4, -0.2) is 41.6 Å². The third kappa shape index (κ3) is 4.99. The van der Waals surface area contributed by atoms with Gasteiger partial charge >= 0.3 is 5.97 Å². The third-order valence-electron chi connectivity index (χ3n) is 3.89. The van der Waals surface area contributed by atoms with Crippen molar-refractivity contribution in [1.29, 1.82) is 0 Å². The summed E-state index contributed by atoms with van der Waals surface area (Å²) < 4.78 is 10.1. The molecule has 0 heterocycles. The van der Waals surface area contributed by atoms with Gasteiger partial charge in [-0.1, -0.05) is 30.3 Å². The van der Waals surface area contributed by atoms with Gasteiger partial charge in [-0.2, -0.15) is 0 Å². The number of aromatic hydroxyl groups is 1. The Bertz CT molecular complexity index is 758. The summed E-state index contributed by atoms with van der Waals surface area (Å²) >= 11 is 0. The summed E-state index contributed by atoms with van der Waals surface area (Å²) in [6.07, 6.45) is 0. The number of ether oxygens (including phenoxy) is 2. The summed E-state index contributed by atoms with van der Waals surface area (Å²) in [5.41, 5.74) is 0.947. The van der Waals surface area contributed by atoms with Gasteiger partial charge in [-0.05, 0) is 37.6 Å². The highest BCUT2D eigenvalue weighted by Crippen LogP contribution is 2.23. The molecule has 0 spiro atoms. The minimum atomic E-state index is -0.779. The van der Waals surface area contributed by atoms with Gasteiger partial charge in [0.15, 0.2) is 6.61 Å². The van der Waals surface area contributed by atoms with Gasteiger partial charge in [0.05, 0.1) is 7.11 Å². The fraction of sp³-hybridized carbons (Fsp3) is 0.300. The van der Waals surface area contributed by atoms with Crippen molar-refractivity contribution >= 4 is 11.9 Å². The van der Waals surface area contributed by atoms with E-state index in [0.29, 0.717) is 12.3 Å². The second-order valence-corrected chi connectivity index (χ2v) is 6.06. The molecule has 26 heavy (non-hydrogen) atoms. The zero-order valence-electron chi connectivity index (χ0n) is 15.1. The van der Waals surface area contributed by atoms with E-state index < -0.39 is 12.6 Å². The molecular formula is C20H23NO5. The van der Waals surface area contributed by atoms with Crippen LogP contribution in [0.1, 0.15) is 29.8 Å². The molecule has 0 aliphatic carbocycles. The topological polar surface area (TPSA) is 76.1 Å². The fourth-order valence-corrected chi connectivity index (χ4v) is 2.43. The zero-order chi connectivity index (χ0) is 19.1. The van der Waals surface area contributed by atoms with E-state index in [-0.39, 0.29) is 23.3 Å². The molecule has 0 aliphatic heterocycles. The first kappa shape index (κ1) is 19.3. The van der Waals surface area contributed by atoms with Gasteiger partial charge in [-0.25, -0.2) is 4.79 Å². The summed E-state index contributed by atoms with van der Waals surface area (Å²) in [6.45, 7) is 3.83. The molecule has 6 heteroatoms. The Kier molecular flexibility index (Phi) is 6.60. The number of hydrogen-bond donors (Lipinski definition) is 1. The van der Waals surface area contributed by atoms with Crippen molar-refractivity contribution in [1.82, 2.24) is 4.90 Å². The van der Waals surface area contributed by atoms with Crippen LogP contribution in [0.4, 0.5) is 0 Å². The lowest BCUT2D eigenvalue weighted by Gasteiger charge is -2.26. The molecule has 0 saturated heterocycles. The number of methoxy groups -OCH3 is 1. The van der Waals surface area contributed by atoms with E-state index in [1.54, 1.807) is 4.90 Å². The maximum absolute atomic E-state index is 12.5. The van der Waals surface area contributed by atoms with Gasteiger partial charge in [-0.3, -0.25) is 4.79 Å². The number of benzene rings is 2. The molecule has 0 fully saturated rings. The standard InChI is InChI=1S/C20H23NO5/c1-14(2)21(12-15-7-5-4-6-8-15)19(23)13-26-20(24)17-11-16(25-3)9-10-18(17)22/h4-11,14,22H,12-13H2,1-3H3. The predicted octanol–water partition coefficient (Wildman–Crippen LogP) is 2.99. The van der Waals surface area contributed by atoms with E-state index >= 15 is 0 Å². The molecule has 2 aromatic rings. The zero-order valence-corrected chi connectivity index (χ0v) is 15.1. The number of amides is 1. The Balaban J connectivity index is 2.02. The highest BCUT2D eigenvalue weighted by atomic mass is 16.5. The lowest BCUT2D eigenvalue weighted by atomic mass is 10.2. The lowest BCUT2D eigenvalue weighted by Crippen LogP contribution is -2.39. The summed E-state index contributed by atoms with van der Waals surface area (Å²) in [4.78, 5) is 26.3. The second kappa shape index (κ2) is 8.89. The monoisotopic (exact) mass is 357 g/mol.